The average Bonchev–Trinajstić information content (AvgIpc) is 2.44. The van der Waals surface area contributed by atoms with E-state index >= 15 is 0 Å². The fraction of sp³-hybridized carbons (Fsp3) is 0.267. The van der Waals surface area contributed by atoms with Crippen LogP contribution in [0.1, 0.15) is 18.9 Å². The molecule has 2 nitrogen and oxygen atoms in total. The molecule has 1 aromatic heterocycles. The zero-order valence-corrected chi connectivity index (χ0v) is 13.5. The quantitative estimate of drug-likeness (QED) is 0.863. The number of pyridine rings is 1. The van der Waals surface area contributed by atoms with Gasteiger partial charge in [0, 0.05) is 21.6 Å². The van der Waals surface area contributed by atoms with Gasteiger partial charge >= 0.3 is 0 Å². The van der Waals surface area contributed by atoms with Gasteiger partial charge in [-0.2, -0.15) is 0 Å². The summed E-state index contributed by atoms with van der Waals surface area (Å²) in [6, 6.07) is 9.12. The zero-order chi connectivity index (χ0) is 14.5. The summed E-state index contributed by atoms with van der Waals surface area (Å²) in [4.78, 5) is 4.81. The maximum atomic E-state index is 14.1. The summed E-state index contributed by atoms with van der Waals surface area (Å²) in [7, 11) is 0. The SMILES string of the molecule is CCC(N)Cc1ccc(Sc2ccc(Br)cn2)c(F)c1. The van der Waals surface area contributed by atoms with Crippen molar-refractivity contribution in [3.8, 4) is 0 Å². The summed E-state index contributed by atoms with van der Waals surface area (Å²) in [5.74, 6) is -0.222. The molecular weight excluding hydrogens is 339 g/mol. The van der Waals surface area contributed by atoms with Crippen molar-refractivity contribution in [3.63, 3.8) is 0 Å². The highest BCUT2D eigenvalue weighted by atomic mass is 79.9. The predicted molar refractivity (Wildman–Crippen MR) is 84.4 cm³/mol. The third-order valence-corrected chi connectivity index (χ3v) is 4.40. The Kier molecular flexibility index (Phi) is 5.57. The molecule has 0 aliphatic carbocycles. The first-order valence-electron chi connectivity index (χ1n) is 6.42. The minimum Gasteiger partial charge on any atom is -0.327 e. The molecule has 1 atom stereocenters. The molecule has 0 amide bonds. The van der Waals surface area contributed by atoms with E-state index in [1.54, 1.807) is 18.3 Å². The number of halogens is 2. The molecule has 5 heteroatoms. The van der Waals surface area contributed by atoms with Gasteiger partial charge in [-0.05, 0) is 58.6 Å². The van der Waals surface area contributed by atoms with Gasteiger partial charge in [0.05, 0.1) is 0 Å². The number of aromatic nitrogens is 1. The van der Waals surface area contributed by atoms with E-state index in [1.807, 2.05) is 25.1 Å². The van der Waals surface area contributed by atoms with Gasteiger partial charge in [-0.3, -0.25) is 0 Å². The van der Waals surface area contributed by atoms with Gasteiger partial charge in [0.2, 0.25) is 0 Å². The van der Waals surface area contributed by atoms with Crippen LogP contribution < -0.4 is 5.73 Å². The van der Waals surface area contributed by atoms with Gasteiger partial charge in [-0.15, -0.1) is 0 Å². The van der Waals surface area contributed by atoms with E-state index in [9.17, 15) is 4.39 Å². The predicted octanol–water partition coefficient (Wildman–Crippen LogP) is 4.41. The standard InChI is InChI=1S/C15H16BrFN2S/c1-2-12(18)7-10-3-5-14(13(17)8-10)20-15-6-4-11(16)9-19-15/h3-6,8-9,12H,2,7,18H2,1H3. The molecule has 0 radical (unpaired) electrons. The van der Waals surface area contributed by atoms with Gasteiger partial charge in [0.1, 0.15) is 10.8 Å². The number of benzene rings is 1. The Morgan fingerprint density at radius 1 is 1.35 bits per heavy atom. The van der Waals surface area contributed by atoms with E-state index in [4.69, 9.17) is 5.73 Å². The molecular formula is C15H16BrFN2S. The van der Waals surface area contributed by atoms with Crippen molar-refractivity contribution < 1.29 is 4.39 Å². The lowest BCUT2D eigenvalue weighted by Crippen LogP contribution is -2.21. The van der Waals surface area contributed by atoms with Crippen molar-refractivity contribution in [2.45, 2.75) is 35.7 Å². The van der Waals surface area contributed by atoms with Gasteiger partial charge < -0.3 is 5.73 Å². The summed E-state index contributed by atoms with van der Waals surface area (Å²) in [5.41, 5.74) is 6.82. The van der Waals surface area contributed by atoms with E-state index < -0.39 is 0 Å². The smallest absolute Gasteiger partial charge is 0.137 e. The number of hydrogen-bond donors (Lipinski definition) is 1. The van der Waals surface area contributed by atoms with E-state index in [2.05, 4.69) is 20.9 Å². The highest BCUT2D eigenvalue weighted by Crippen LogP contribution is 2.29. The van der Waals surface area contributed by atoms with Gasteiger partial charge in [0.15, 0.2) is 0 Å². The fourth-order valence-corrected chi connectivity index (χ4v) is 2.73. The van der Waals surface area contributed by atoms with Crippen LogP contribution in [-0.4, -0.2) is 11.0 Å². The molecule has 0 bridgehead atoms. The van der Waals surface area contributed by atoms with Crippen molar-refractivity contribution in [2.75, 3.05) is 0 Å². The first-order chi connectivity index (χ1) is 9.58. The largest absolute Gasteiger partial charge is 0.327 e. The summed E-state index contributed by atoms with van der Waals surface area (Å²) in [6.45, 7) is 2.03. The number of hydrogen-bond acceptors (Lipinski definition) is 3. The van der Waals surface area contributed by atoms with E-state index in [-0.39, 0.29) is 11.9 Å². The third-order valence-electron chi connectivity index (χ3n) is 2.93. The Balaban J connectivity index is 2.11. The molecule has 20 heavy (non-hydrogen) atoms. The number of nitrogens with zero attached hydrogens (tertiary/aromatic N) is 1. The molecule has 1 aromatic carbocycles. The molecule has 1 unspecified atom stereocenters. The summed E-state index contributed by atoms with van der Waals surface area (Å²) in [6.07, 6.45) is 3.30. The van der Waals surface area contributed by atoms with Crippen LogP contribution in [0.25, 0.3) is 0 Å². The van der Waals surface area contributed by atoms with E-state index in [0.29, 0.717) is 11.3 Å². The monoisotopic (exact) mass is 354 g/mol. The van der Waals surface area contributed by atoms with Crippen molar-refractivity contribution in [1.29, 1.82) is 0 Å². The first kappa shape index (κ1) is 15.5. The molecule has 0 saturated carbocycles. The molecule has 106 valence electrons. The van der Waals surface area contributed by atoms with Crippen molar-refractivity contribution in [1.82, 2.24) is 4.98 Å². The van der Waals surface area contributed by atoms with Crippen LogP contribution in [0.3, 0.4) is 0 Å². The molecule has 2 rings (SSSR count). The van der Waals surface area contributed by atoms with Crippen LogP contribution in [0, 0.1) is 5.82 Å². The summed E-state index contributed by atoms with van der Waals surface area (Å²) >= 11 is 4.64. The lowest BCUT2D eigenvalue weighted by molar-refractivity contribution is 0.592. The number of nitrogens with two attached hydrogens (primary N) is 1. The maximum absolute atomic E-state index is 14.1. The van der Waals surface area contributed by atoms with Gasteiger partial charge in [-0.1, -0.05) is 24.8 Å². The first-order valence-corrected chi connectivity index (χ1v) is 8.03. The Morgan fingerprint density at radius 2 is 2.15 bits per heavy atom. The highest BCUT2D eigenvalue weighted by molar-refractivity contribution is 9.10. The Hall–Kier alpha value is -0.910. The topological polar surface area (TPSA) is 38.9 Å². The molecule has 0 aliphatic heterocycles. The average molecular weight is 355 g/mol. The molecule has 0 saturated heterocycles. The molecule has 0 fully saturated rings. The summed E-state index contributed by atoms with van der Waals surface area (Å²) in [5, 5.41) is 0.769. The minimum absolute atomic E-state index is 0.0843. The second kappa shape index (κ2) is 7.20. The third kappa shape index (κ3) is 4.30. The molecule has 2 aromatic rings. The second-order valence-electron chi connectivity index (χ2n) is 4.55. The lowest BCUT2D eigenvalue weighted by atomic mass is 10.0. The van der Waals surface area contributed by atoms with Crippen LogP contribution in [0.2, 0.25) is 0 Å². The van der Waals surface area contributed by atoms with Crippen molar-refractivity contribution in [3.05, 3.63) is 52.4 Å². The normalized spacial score (nSPS) is 12.4. The van der Waals surface area contributed by atoms with Crippen LogP contribution in [0.4, 0.5) is 4.39 Å². The van der Waals surface area contributed by atoms with Gasteiger partial charge in [-0.25, -0.2) is 9.37 Å². The van der Waals surface area contributed by atoms with Crippen LogP contribution >= 0.6 is 27.7 Å². The Bertz CT molecular complexity index is 575. The van der Waals surface area contributed by atoms with E-state index in [1.165, 1.54) is 11.8 Å². The molecule has 0 spiro atoms. The second-order valence-corrected chi connectivity index (χ2v) is 6.53. The summed E-state index contributed by atoms with van der Waals surface area (Å²) < 4.78 is 15.0. The maximum Gasteiger partial charge on any atom is 0.137 e. The lowest BCUT2D eigenvalue weighted by Gasteiger charge is -2.10. The molecule has 1 heterocycles. The van der Waals surface area contributed by atoms with Gasteiger partial charge in [0.25, 0.3) is 0 Å². The van der Waals surface area contributed by atoms with Crippen molar-refractivity contribution in [2.24, 2.45) is 5.73 Å². The minimum atomic E-state index is -0.222. The van der Waals surface area contributed by atoms with E-state index in [0.717, 1.165) is 21.5 Å². The molecule has 2 N–H and O–H groups in total. The highest BCUT2D eigenvalue weighted by Gasteiger charge is 2.08. The Morgan fingerprint density at radius 3 is 2.75 bits per heavy atom. The zero-order valence-electron chi connectivity index (χ0n) is 11.1. The molecule has 0 aliphatic rings. The number of rotatable bonds is 5. The van der Waals surface area contributed by atoms with Crippen LogP contribution in [0.15, 0.2) is 50.9 Å². The van der Waals surface area contributed by atoms with Crippen LogP contribution in [-0.2, 0) is 6.42 Å². The Labute approximate surface area is 131 Å². The van der Waals surface area contributed by atoms with Crippen molar-refractivity contribution >= 4 is 27.7 Å². The fourth-order valence-electron chi connectivity index (χ4n) is 1.74. The van der Waals surface area contributed by atoms with Crippen LogP contribution in [0.5, 0.6) is 0 Å².